The molecule has 0 bridgehead atoms. The number of benzene rings is 2. The van der Waals surface area contributed by atoms with Gasteiger partial charge in [-0.25, -0.2) is 4.57 Å². The van der Waals surface area contributed by atoms with E-state index in [1.807, 2.05) is 42.9 Å². The van der Waals surface area contributed by atoms with Crippen LogP contribution in [0.3, 0.4) is 0 Å². The fraction of sp³-hybridized carbons (Fsp3) is 0.238. The Morgan fingerprint density at radius 3 is 2.70 bits per heavy atom. The first-order valence-electron chi connectivity index (χ1n) is 8.93. The third-order valence-electron chi connectivity index (χ3n) is 4.85. The predicted molar refractivity (Wildman–Crippen MR) is 103 cm³/mol. The Balaban J connectivity index is 1.88. The lowest BCUT2D eigenvalue weighted by molar-refractivity contribution is -0.685. The van der Waals surface area contributed by atoms with E-state index in [4.69, 9.17) is 10.5 Å². The quantitative estimate of drug-likeness (QED) is 0.545. The van der Waals surface area contributed by atoms with Gasteiger partial charge in [-0.15, -0.1) is 0 Å². The average Bonchev–Trinajstić information content (AvgIpc) is 2.66. The minimum Gasteiger partial charge on any atom is -0.508 e. The van der Waals surface area contributed by atoms with Crippen molar-refractivity contribution in [2.75, 3.05) is 26.4 Å². The first kappa shape index (κ1) is 17.3. The normalized spacial score (nSPS) is 15.1. The molecule has 2 heterocycles. The minimum absolute atomic E-state index is 0.107. The number of nitrogens with zero attached hydrogens (tertiary/aromatic N) is 3. The van der Waals surface area contributed by atoms with E-state index in [9.17, 15) is 5.11 Å². The predicted octanol–water partition coefficient (Wildman–Crippen LogP) is 2.50. The van der Waals surface area contributed by atoms with Crippen LogP contribution in [0, 0.1) is 0 Å². The number of anilines is 1. The van der Waals surface area contributed by atoms with Gasteiger partial charge in [0.05, 0.1) is 12.5 Å². The van der Waals surface area contributed by atoms with Crippen LogP contribution in [0.25, 0.3) is 0 Å². The molecule has 0 unspecified atom stereocenters. The number of nitrogen functional groups attached to an aromatic ring is 1. The number of phenolic OH excluding ortho intramolecular Hbond substituents is 1. The van der Waals surface area contributed by atoms with Gasteiger partial charge >= 0.3 is 5.88 Å². The number of likely N-dealkylation sites (N-methyl/N-ethyl adjacent to an activating group) is 1. The number of nitrogens with two attached hydrogens (primary N) is 1. The highest BCUT2D eigenvalue weighted by Crippen LogP contribution is 2.48. The molecule has 1 aliphatic rings. The van der Waals surface area contributed by atoms with Crippen molar-refractivity contribution in [3.8, 4) is 17.4 Å². The van der Waals surface area contributed by atoms with Gasteiger partial charge in [-0.2, -0.15) is 0 Å². The van der Waals surface area contributed by atoms with Crippen LogP contribution in [0.2, 0.25) is 0 Å². The summed E-state index contributed by atoms with van der Waals surface area (Å²) >= 11 is 0. The largest absolute Gasteiger partial charge is 0.508 e. The van der Waals surface area contributed by atoms with E-state index < -0.39 is 0 Å². The van der Waals surface area contributed by atoms with Crippen LogP contribution in [-0.2, 0) is 6.54 Å². The Morgan fingerprint density at radius 1 is 1.19 bits per heavy atom. The lowest BCUT2D eigenvalue weighted by Crippen LogP contribution is -2.43. The summed E-state index contributed by atoms with van der Waals surface area (Å²) in [5.74, 6) is 1.79. The summed E-state index contributed by atoms with van der Waals surface area (Å²) in [6, 6.07) is 15.4. The molecule has 4 rings (SSSR count). The average molecular weight is 363 g/mol. The standard InChI is InChI=1S/C21H22N4O2/c1-24(2)10-11-25-13-23-21-19(20(25)22)18(14-6-4-3-5-7-14)16-9-8-15(26)12-17(16)27-21/h3-9,12-13,18,22,26H,10-11H2,1-2H3/p+1/t18-/m0/s1. The molecule has 3 N–H and O–H groups in total. The molecule has 0 radical (unpaired) electrons. The number of aromatic hydroxyl groups is 1. The lowest BCUT2D eigenvalue weighted by atomic mass is 9.83. The summed E-state index contributed by atoms with van der Waals surface area (Å²) < 4.78 is 7.96. The number of ether oxygens (including phenoxy) is 1. The number of hydrogen-bond donors (Lipinski definition) is 2. The highest BCUT2D eigenvalue weighted by atomic mass is 16.5. The molecule has 0 amide bonds. The number of hydrogen-bond acceptors (Lipinski definition) is 5. The second-order valence-electron chi connectivity index (χ2n) is 7.01. The number of aromatic nitrogens is 2. The van der Waals surface area contributed by atoms with Gasteiger partial charge in [0.1, 0.15) is 17.1 Å². The molecular weight excluding hydrogens is 340 g/mol. The van der Waals surface area contributed by atoms with Crippen molar-refractivity contribution >= 4 is 5.82 Å². The van der Waals surface area contributed by atoms with Gasteiger partial charge in [0, 0.05) is 18.2 Å². The van der Waals surface area contributed by atoms with Crippen molar-refractivity contribution in [1.82, 2.24) is 9.88 Å². The maximum atomic E-state index is 9.88. The van der Waals surface area contributed by atoms with Crippen LogP contribution < -0.4 is 15.0 Å². The molecule has 0 spiro atoms. The van der Waals surface area contributed by atoms with Gasteiger partial charge in [0.2, 0.25) is 12.1 Å². The molecule has 0 aliphatic carbocycles. The van der Waals surface area contributed by atoms with Crippen LogP contribution in [-0.4, -0.2) is 35.6 Å². The van der Waals surface area contributed by atoms with Crippen molar-refractivity contribution in [3.05, 3.63) is 71.5 Å². The SMILES string of the molecule is CN(C)CC[n+]1cnc2c(c1N)[C@@H](c1ccccc1)c1ccc(O)cc1O2. The van der Waals surface area contributed by atoms with Crippen LogP contribution in [0.5, 0.6) is 17.4 Å². The van der Waals surface area contributed by atoms with Crippen molar-refractivity contribution < 1.29 is 14.4 Å². The monoisotopic (exact) mass is 363 g/mol. The van der Waals surface area contributed by atoms with Gasteiger partial charge in [-0.3, -0.25) is 0 Å². The van der Waals surface area contributed by atoms with E-state index in [1.165, 1.54) is 0 Å². The van der Waals surface area contributed by atoms with Crippen molar-refractivity contribution in [1.29, 1.82) is 0 Å². The maximum absolute atomic E-state index is 9.88. The molecule has 6 nitrogen and oxygen atoms in total. The molecule has 0 fully saturated rings. The van der Waals surface area contributed by atoms with E-state index in [0.717, 1.165) is 29.8 Å². The van der Waals surface area contributed by atoms with Crippen molar-refractivity contribution in [3.63, 3.8) is 0 Å². The third kappa shape index (κ3) is 3.19. The van der Waals surface area contributed by atoms with Gasteiger partial charge < -0.3 is 20.5 Å². The summed E-state index contributed by atoms with van der Waals surface area (Å²) in [6.07, 6.45) is 1.72. The molecule has 138 valence electrons. The molecular formula is C21H23N4O2+. The van der Waals surface area contributed by atoms with Gasteiger partial charge in [-0.05, 0) is 25.7 Å². The van der Waals surface area contributed by atoms with Crippen molar-refractivity contribution in [2.24, 2.45) is 0 Å². The molecule has 1 atom stereocenters. The minimum atomic E-state index is -0.107. The molecule has 6 heteroatoms. The van der Waals surface area contributed by atoms with Gasteiger partial charge in [0.25, 0.3) is 0 Å². The molecule has 2 aromatic carbocycles. The van der Waals surface area contributed by atoms with E-state index in [-0.39, 0.29) is 11.7 Å². The van der Waals surface area contributed by atoms with Gasteiger partial charge in [-0.1, -0.05) is 41.4 Å². The highest BCUT2D eigenvalue weighted by Gasteiger charge is 2.36. The number of fused-ring (bicyclic) bond motifs is 2. The summed E-state index contributed by atoms with van der Waals surface area (Å²) in [5, 5.41) is 9.88. The highest BCUT2D eigenvalue weighted by molar-refractivity contribution is 5.62. The van der Waals surface area contributed by atoms with Crippen LogP contribution in [0.4, 0.5) is 5.82 Å². The Bertz CT molecular complexity index is 973. The molecule has 1 aromatic heterocycles. The lowest BCUT2D eigenvalue weighted by Gasteiger charge is -2.27. The molecule has 1 aliphatic heterocycles. The molecule has 0 saturated carbocycles. The first-order chi connectivity index (χ1) is 13.0. The summed E-state index contributed by atoms with van der Waals surface area (Å²) in [5.41, 5.74) is 9.51. The zero-order valence-electron chi connectivity index (χ0n) is 15.5. The van der Waals surface area contributed by atoms with Crippen LogP contribution >= 0.6 is 0 Å². The number of rotatable bonds is 4. The Hall–Kier alpha value is -3.12. The van der Waals surface area contributed by atoms with E-state index in [2.05, 4.69) is 22.0 Å². The third-order valence-corrected chi connectivity index (χ3v) is 4.85. The second-order valence-corrected chi connectivity index (χ2v) is 7.01. The van der Waals surface area contributed by atoms with Crippen LogP contribution in [0.1, 0.15) is 22.6 Å². The first-order valence-corrected chi connectivity index (χ1v) is 8.93. The summed E-state index contributed by atoms with van der Waals surface area (Å²) in [7, 11) is 4.06. The smallest absolute Gasteiger partial charge is 0.306 e. The topological polar surface area (TPSA) is 75.5 Å². The van der Waals surface area contributed by atoms with E-state index in [0.29, 0.717) is 17.4 Å². The number of phenols is 1. The second kappa shape index (κ2) is 6.89. The van der Waals surface area contributed by atoms with E-state index >= 15 is 0 Å². The van der Waals surface area contributed by atoms with Gasteiger partial charge in [0.15, 0.2) is 0 Å². The van der Waals surface area contributed by atoms with Crippen LogP contribution in [0.15, 0.2) is 54.9 Å². The maximum Gasteiger partial charge on any atom is 0.306 e. The summed E-state index contributed by atoms with van der Waals surface area (Å²) in [4.78, 5) is 6.63. The molecule has 0 saturated heterocycles. The Morgan fingerprint density at radius 2 is 1.96 bits per heavy atom. The fourth-order valence-corrected chi connectivity index (χ4v) is 3.46. The molecule has 3 aromatic rings. The molecule has 27 heavy (non-hydrogen) atoms. The fourth-order valence-electron chi connectivity index (χ4n) is 3.46. The summed E-state index contributed by atoms with van der Waals surface area (Å²) in [6.45, 7) is 1.60. The Kier molecular flexibility index (Phi) is 4.41. The zero-order valence-corrected chi connectivity index (χ0v) is 15.5. The van der Waals surface area contributed by atoms with Crippen molar-refractivity contribution in [2.45, 2.75) is 12.5 Å². The zero-order chi connectivity index (χ0) is 19.0. The Labute approximate surface area is 158 Å². The van der Waals surface area contributed by atoms with E-state index in [1.54, 1.807) is 18.5 Å².